The molecule has 7 nitrogen and oxygen atoms in total. The number of sulfonamides is 1. The molecule has 2 N–H and O–H groups in total. The van der Waals surface area contributed by atoms with Gasteiger partial charge in [0.2, 0.25) is 5.91 Å². The maximum atomic E-state index is 13.5. The SMILES string of the molecule is Cc1ccc(NC(=O)C2CC2)cc1NC(=O)c1cccc(S(=O)(=O)N2CCCc3ccccc32)c1. The number of rotatable bonds is 6. The van der Waals surface area contributed by atoms with Crippen LogP contribution in [0, 0.1) is 12.8 Å². The van der Waals surface area contributed by atoms with E-state index in [1.807, 2.05) is 37.3 Å². The molecule has 3 aromatic rings. The Morgan fingerprint density at radius 2 is 1.74 bits per heavy atom. The van der Waals surface area contributed by atoms with E-state index in [2.05, 4.69) is 10.6 Å². The van der Waals surface area contributed by atoms with Crippen molar-refractivity contribution >= 4 is 38.9 Å². The fraction of sp³-hybridized carbons (Fsp3) is 0.259. The normalized spacial score (nSPS) is 15.3. The van der Waals surface area contributed by atoms with Crippen LogP contribution in [-0.2, 0) is 21.2 Å². The molecule has 8 heteroatoms. The minimum Gasteiger partial charge on any atom is -0.326 e. The van der Waals surface area contributed by atoms with Crippen LogP contribution in [-0.4, -0.2) is 26.8 Å². The second-order valence-corrected chi connectivity index (χ2v) is 10.9. The van der Waals surface area contributed by atoms with Crippen molar-refractivity contribution in [1.82, 2.24) is 0 Å². The predicted octanol–water partition coefficient (Wildman–Crippen LogP) is 4.74. The molecule has 1 heterocycles. The number of nitrogens with zero attached hydrogens (tertiary/aromatic N) is 1. The molecule has 0 atom stereocenters. The Bertz CT molecular complexity index is 1410. The predicted molar refractivity (Wildman–Crippen MR) is 136 cm³/mol. The van der Waals surface area contributed by atoms with Gasteiger partial charge in [0, 0.05) is 29.4 Å². The minimum atomic E-state index is -3.83. The lowest BCUT2D eigenvalue weighted by atomic mass is 10.0. The quantitative estimate of drug-likeness (QED) is 0.523. The van der Waals surface area contributed by atoms with Gasteiger partial charge in [-0.2, -0.15) is 0 Å². The highest BCUT2D eigenvalue weighted by atomic mass is 32.2. The van der Waals surface area contributed by atoms with E-state index in [1.54, 1.807) is 24.3 Å². The highest BCUT2D eigenvalue weighted by Gasteiger charge is 2.30. The summed E-state index contributed by atoms with van der Waals surface area (Å²) in [5.74, 6) is -0.357. The summed E-state index contributed by atoms with van der Waals surface area (Å²) in [6, 6.07) is 19.0. The van der Waals surface area contributed by atoms with Crippen molar-refractivity contribution in [2.45, 2.75) is 37.5 Å². The molecule has 0 aromatic heterocycles. The molecule has 0 radical (unpaired) electrons. The summed E-state index contributed by atoms with van der Waals surface area (Å²) < 4.78 is 28.4. The number of carbonyl (C=O) groups is 2. The third-order valence-electron chi connectivity index (χ3n) is 6.45. The summed E-state index contributed by atoms with van der Waals surface area (Å²) >= 11 is 0. The van der Waals surface area contributed by atoms with E-state index in [4.69, 9.17) is 0 Å². The monoisotopic (exact) mass is 489 g/mol. The number of aryl methyl sites for hydroxylation is 2. The first-order valence-corrected chi connectivity index (χ1v) is 13.2. The molecule has 2 amide bonds. The van der Waals surface area contributed by atoms with Gasteiger partial charge in [-0.1, -0.05) is 30.3 Å². The average Bonchev–Trinajstić information content (AvgIpc) is 3.71. The third kappa shape index (κ3) is 4.79. The molecular weight excluding hydrogens is 462 g/mol. The molecule has 1 fully saturated rings. The van der Waals surface area contributed by atoms with Crippen molar-refractivity contribution < 1.29 is 18.0 Å². The summed E-state index contributed by atoms with van der Waals surface area (Å²) in [5, 5.41) is 5.74. The first-order chi connectivity index (χ1) is 16.8. The molecule has 2 aliphatic rings. The van der Waals surface area contributed by atoms with Crippen LogP contribution in [0.15, 0.2) is 71.6 Å². The summed E-state index contributed by atoms with van der Waals surface area (Å²) in [6.45, 7) is 2.26. The maximum Gasteiger partial charge on any atom is 0.264 e. The van der Waals surface area contributed by atoms with Gasteiger partial charge in [0.05, 0.1) is 10.6 Å². The topological polar surface area (TPSA) is 95.6 Å². The Hall–Kier alpha value is -3.65. The van der Waals surface area contributed by atoms with Crippen molar-refractivity contribution in [3.05, 3.63) is 83.4 Å². The van der Waals surface area contributed by atoms with Crippen LogP contribution >= 0.6 is 0 Å². The van der Waals surface area contributed by atoms with Gasteiger partial charge in [-0.3, -0.25) is 13.9 Å². The third-order valence-corrected chi connectivity index (χ3v) is 8.26. The van der Waals surface area contributed by atoms with Crippen LogP contribution in [0.1, 0.15) is 40.7 Å². The zero-order chi connectivity index (χ0) is 24.6. The standard InChI is InChI=1S/C27H27N3O4S/c1-18-11-14-22(28-26(31)20-12-13-20)17-24(18)29-27(32)21-7-4-9-23(16-21)35(33,34)30-15-5-8-19-6-2-3-10-25(19)30/h2-4,6-7,9-11,14,16-17,20H,5,8,12-13,15H2,1H3,(H,28,31)(H,29,32). The van der Waals surface area contributed by atoms with Crippen LogP contribution in [0.2, 0.25) is 0 Å². The van der Waals surface area contributed by atoms with Gasteiger partial charge in [0.1, 0.15) is 0 Å². The van der Waals surface area contributed by atoms with E-state index in [1.165, 1.54) is 16.4 Å². The lowest BCUT2D eigenvalue weighted by Crippen LogP contribution is -2.35. The molecule has 0 unspecified atom stereocenters. The van der Waals surface area contributed by atoms with E-state index >= 15 is 0 Å². The molecular formula is C27H27N3O4S. The van der Waals surface area contributed by atoms with Gasteiger partial charge >= 0.3 is 0 Å². The maximum absolute atomic E-state index is 13.5. The molecule has 5 rings (SSSR count). The van der Waals surface area contributed by atoms with Gasteiger partial charge in [0.15, 0.2) is 0 Å². The van der Waals surface area contributed by atoms with E-state index < -0.39 is 15.9 Å². The average molecular weight is 490 g/mol. The first kappa shape index (κ1) is 23.1. The number of amides is 2. The van der Waals surface area contributed by atoms with Crippen molar-refractivity contribution in [1.29, 1.82) is 0 Å². The number of benzene rings is 3. The lowest BCUT2D eigenvalue weighted by molar-refractivity contribution is -0.117. The molecule has 1 aliphatic carbocycles. The summed E-state index contributed by atoms with van der Waals surface area (Å²) in [6.07, 6.45) is 3.39. The van der Waals surface area contributed by atoms with Crippen LogP contribution in [0.4, 0.5) is 17.1 Å². The second-order valence-electron chi connectivity index (χ2n) is 9.08. The minimum absolute atomic E-state index is 0.0108. The number of para-hydroxylation sites is 1. The molecule has 1 aliphatic heterocycles. The summed E-state index contributed by atoms with van der Waals surface area (Å²) in [5.41, 5.74) is 3.93. The number of hydrogen-bond acceptors (Lipinski definition) is 4. The van der Waals surface area contributed by atoms with Crippen LogP contribution in [0.25, 0.3) is 0 Å². The van der Waals surface area contributed by atoms with Crippen molar-refractivity contribution in [2.24, 2.45) is 5.92 Å². The van der Waals surface area contributed by atoms with Gasteiger partial charge in [-0.15, -0.1) is 0 Å². The summed E-state index contributed by atoms with van der Waals surface area (Å²) in [7, 11) is -3.83. The zero-order valence-corrected chi connectivity index (χ0v) is 20.3. The highest BCUT2D eigenvalue weighted by molar-refractivity contribution is 7.92. The van der Waals surface area contributed by atoms with E-state index in [-0.39, 0.29) is 22.3 Å². The zero-order valence-electron chi connectivity index (χ0n) is 19.5. The van der Waals surface area contributed by atoms with Gasteiger partial charge < -0.3 is 10.6 Å². The Labute approximate surface area is 205 Å². The number of carbonyl (C=O) groups excluding carboxylic acids is 2. The highest BCUT2D eigenvalue weighted by Crippen LogP contribution is 2.33. The molecule has 1 saturated carbocycles. The van der Waals surface area contributed by atoms with Crippen molar-refractivity contribution in [3.63, 3.8) is 0 Å². The van der Waals surface area contributed by atoms with E-state index in [0.717, 1.165) is 36.8 Å². The fourth-order valence-corrected chi connectivity index (χ4v) is 5.88. The smallest absolute Gasteiger partial charge is 0.264 e. The Balaban J connectivity index is 1.38. The second kappa shape index (κ2) is 9.19. The first-order valence-electron chi connectivity index (χ1n) is 11.8. The van der Waals surface area contributed by atoms with Gasteiger partial charge in [-0.05, 0) is 80.1 Å². The van der Waals surface area contributed by atoms with E-state index in [0.29, 0.717) is 23.6 Å². The molecule has 180 valence electrons. The molecule has 3 aromatic carbocycles. The van der Waals surface area contributed by atoms with E-state index in [9.17, 15) is 18.0 Å². The van der Waals surface area contributed by atoms with Gasteiger partial charge in [-0.25, -0.2) is 8.42 Å². The number of hydrogen-bond donors (Lipinski definition) is 2. The molecule has 0 saturated heterocycles. The van der Waals surface area contributed by atoms with Crippen LogP contribution < -0.4 is 14.9 Å². The Morgan fingerprint density at radius 3 is 2.54 bits per heavy atom. The van der Waals surface area contributed by atoms with Crippen molar-refractivity contribution in [2.75, 3.05) is 21.5 Å². The van der Waals surface area contributed by atoms with Gasteiger partial charge in [0.25, 0.3) is 15.9 Å². The van der Waals surface area contributed by atoms with Crippen LogP contribution in [0.3, 0.4) is 0 Å². The number of nitrogens with one attached hydrogen (secondary N) is 2. The Kier molecular flexibility index (Phi) is 6.06. The summed E-state index contributed by atoms with van der Waals surface area (Å²) in [4.78, 5) is 25.2. The largest absolute Gasteiger partial charge is 0.326 e. The molecule has 0 spiro atoms. The van der Waals surface area contributed by atoms with Crippen LogP contribution in [0.5, 0.6) is 0 Å². The molecule has 35 heavy (non-hydrogen) atoms. The fourth-order valence-electron chi connectivity index (χ4n) is 4.29. The molecule has 0 bridgehead atoms. The number of fused-ring (bicyclic) bond motifs is 1. The number of anilines is 3. The Morgan fingerprint density at radius 1 is 0.943 bits per heavy atom. The lowest BCUT2D eigenvalue weighted by Gasteiger charge is -2.30. The van der Waals surface area contributed by atoms with Crippen molar-refractivity contribution in [3.8, 4) is 0 Å².